The zero-order chi connectivity index (χ0) is 25.8. The van der Waals surface area contributed by atoms with E-state index in [-0.39, 0.29) is 31.3 Å². The fraction of sp³-hybridized carbons (Fsp3) is 0.600. The van der Waals surface area contributed by atoms with Crippen molar-refractivity contribution in [3.8, 4) is 0 Å². The fourth-order valence-electron chi connectivity index (χ4n) is 4.10. The van der Waals surface area contributed by atoms with Gasteiger partial charge in [0.05, 0.1) is 7.11 Å². The van der Waals surface area contributed by atoms with Crippen LogP contribution in [0.5, 0.6) is 0 Å². The fourth-order valence-corrected chi connectivity index (χ4v) is 4.32. The molecular formula is C25H36ClN3O6. The number of esters is 1. The standard InChI is InChI=1S/C25H36ClN3O6/c1-29(2)22(30)13-12-20(24(32)34-3)27-23(31)21(15-17-8-5-4-6-9-17)28-25(33)35-16-18-10-7-11-19(26)14-18/h7,10-11,14,17,20-21H,4-6,8-9,12-13,15-16H2,1-3H3,(H,27,31)(H,28,33)/t20-,21-/m0/s1. The number of hydrogen-bond donors (Lipinski definition) is 2. The van der Waals surface area contributed by atoms with E-state index in [4.69, 9.17) is 21.1 Å². The molecule has 0 spiro atoms. The number of hydrogen-bond acceptors (Lipinski definition) is 6. The van der Waals surface area contributed by atoms with E-state index < -0.39 is 30.1 Å². The number of carbonyl (C=O) groups excluding carboxylic acids is 4. The van der Waals surface area contributed by atoms with E-state index >= 15 is 0 Å². The second kappa shape index (κ2) is 14.6. The van der Waals surface area contributed by atoms with Crippen molar-refractivity contribution >= 4 is 35.5 Å². The van der Waals surface area contributed by atoms with Gasteiger partial charge in [0.25, 0.3) is 0 Å². The van der Waals surface area contributed by atoms with Gasteiger partial charge in [0.1, 0.15) is 18.7 Å². The van der Waals surface area contributed by atoms with Gasteiger partial charge in [-0.05, 0) is 36.5 Å². The molecule has 0 bridgehead atoms. The van der Waals surface area contributed by atoms with Crippen molar-refractivity contribution in [2.24, 2.45) is 5.92 Å². The first-order chi connectivity index (χ1) is 16.7. The summed E-state index contributed by atoms with van der Waals surface area (Å²) in [7, 11) is 4.46. The Bertz CT molecular complexity index is 873. The highest BCUT2D eigenvalue weighted by Gasteiger charge is 2.30. The van der Waals surface area contributed by atoms with Crippen LogP contribution in [0.15, 0.2) is 24.3 Å². The monoisotopic (exact) mass is 509 g/mol. The summed E-state index contributed by atoms with van der Waals surface area (Å²) < 4.78 is 10.1. The molecule has 2 rings (SSSR count). The molecular weight excluding hydrogens is 474 g/mol. The molecule has 0 unspecified atom stereocenters. The summed E-state index contributed by atoms with van der Waals surface area (Å²) in [6, 6.07) is 5.06. The molecule has 0 saturated heterocycles. The van der Waals surface area contributed by atoms with E-state index in [1.807, 2.05) is 0 Å². The summed E-state index contributed by atoms with van der Waals surface area (Å²) in [5.41, 5.74) is 0.720. The molecule has 0 radical (unpaired) electrons. The quantitative estimate of drug-likeness (QED) is 0.442. The Morgan fingerprint density at radius 3 is 2.43 bits per heavy atom. The van der Waals surface area contributed by atoms with Crippen molar-refractivity contribution in [2.75, 3.05) is 21.2 Å². The molecule has 9 nitrogen and oxygen atoms in total. The molecule has 1 aliphatic carbocycles. The molecule has 1 saturated carbocycles. The first-order valence-corrected chi connectivity index (χ1v) is 12.3. The van der Waals surface area contributed by atoms with E-state index in [9.17, 15) is 19.2 Å². The smallest absolute Gasteiger partial charge is 0.408 e. The number of methoxy groups -OCH3 is 1. The third-order valence-electron chi connectivity index (χ3n) is 6.11. The zero-order valence-electron chi connectivity index (χ0n) is 20.7. The molecule has 0 aliphatic heterocycles. The highest BCUT2D eigenvalue weighted by molar-refractivity contribution is 6.30. The van der Waals surface area contributed by atoms with Gasteiger partial charge in [-0.15, -0.1) is 0 Å². The summed E-state index contributed by atoms with van der Waals surface area (Å²) >= 11 is 5.97. The van der Waals surface area contributed by atoms with E-state index in [0.29, 0.717) is 11.4 Å². The number of nitrogens with one attached hydrogen (secondary N) is 2. The number of ether oxygens (including phenoxy) is 2. The number of halogens is 1. The van der Waals surface area contributed by atoms with Crippen molar-refractivity contribution in [3.05, 3.63) is 34.9 Å². The van der Waals surface area contributed by atoms with E-state index in [1.165, 1.54) is 12.0 Å². The minimum absolute atomic E-state index is 0.00158. The minimum atomic E-state index is -1.01. The lowest BCUT2D eigenvalue weighted by Gasteiger charge is -2.27. The first kappa shape index (κ1) is 28.4. The van der Waals surface area contributed by atoms with Gasteiger partial charge in [-0.3, -0.25) is 9.59 Å². The number of rotatable bonds is 11. The Hall–Kier alpha value is -2.81. The van der Waals surface area contributed by atoms with Crippen LogP contribution in [0, 0.1) is 5.92 Å². The maximum atomic E-state index is 13.2. The summed E-state index contributed by atoms with van der Waals surface area (Å²) in [5.74, 6) is -1.05. The van der Waals surface area contributed by atoms with E-state index in [0.717, 1.165) is 37.7 Å². The molecule has 3 amide bonds. The summed E-state index contributed by atoms with van der Waals surface area (Å²) in [6.45, 7) is 0.00158. The van der Waals surface area contributed by atoms with Gasteiger partial charge in [-0.25, -0.2) is 9.59 Å². The van der Waals surface area contributed by atoms with Crippen molar-refractivity contribution in [2.45, 2.75) is 70.1 Å². The van der Waals surface area contributed by atoms with Crippen molar-refractivity contribution in [1.29, 1.82) is 0 Å². The van der Waals surface area contributed by atoms with Crippen molar-refractivity contribution in [1.82, 2.24) is 15.5 Å². The average Bonchev–Trinajstić information content (AvgIpc) is 2.84. The molecule has 0 heterocycles. The van der Waals surface area contributed by atoms with Crippen LogP contribution >= 0.6 is 11.6 Å². The van der Waals surface area contributed by atoms with Gasteiger partial charge >= 0.3 is 12.1 Å². The lowest BCUT2D eigenvalue weighted by Crippen LogP contribution is -2.52. The summed E-state index contributed by atoms with van der Waals surface area (Å²) in [5, 5.41) is 5.86. The van der Waals surface area contributed by atoms with Crippen LogP contribution in [0.2, 0.25) is 5.02 Å². The maximum absolute atomic E-state index is 13.2. The number of carbonyl (C=O) groups is 4. The van der Waals surface area contributed by atoms with Crippen LogP contribution in [0.1, 0.15) is 56.9 Å². The van der Waals surface area contributed by atoms with Crippen LogP contribution in [-0.4, -0.2) is 62.1 Å². The van der Waals surface area contributed by atoms with E-state index in [2.05, 4.69) is 10.6 Å². The van der Waals surface area contributed by atoms with Crippen LogP contribution in [0.3, 0.4) is 0 Å². The second-order valence-corrected chi connectivity index (χ2v) is 9.49. The number of alkyl carbamates (subject to hydrolysis) is 1. The molecule has 1 fully saturated rings. The topological polar surface area (TPSA) is 114 Å². The van der Waals surface area contributed by atoms with Gasteiger partial charge in [-0.1, -0.05) is 55.8 Å². The predicted molar refractivity (Wildman–Crippen MR) is 132 cm³/mol. The van der Waals surface area contributed by atoms with E-state index in [1.54, 1.807) is 38.4 Å². The van der Waals surface area contributed by atoms with Gasteiger partial charge in [0.15, 0.2) is 0 Å². The van der Waals surface area contributed by atoms with Gasteiger partial charge in [0.2, 0.25) is 11.8 Å². The number of amides is 3. The number of nitrogens with zero attached hydrogens (tertiary/aromatic N) is 1. The molecule has 1 aliphatic rings. The van der Waals surface area contributed by atoms with Crippen LogP contribution in [0.4, 0.5) is 4.79 Å². The van der Waals surface area contributed by atoms with Crippen LogP contribution in [0.25, 0.3) is 0 Å². The Balaban J connectivity index is 2.05. The lowest BCUT2D eigenvalue weighted by molar-refractivity contribution is -0.145. The Morgan fingerprint density at radius 1 is 1.09 bits per heavy atom. The second-order valence-electron chi connectivity index (χ2n) is 9.05. The minimum Gasteiger partial charge on any atom is -0.467 e. The molecule has 194 valence electrons. The molecule has 10 heteroatoms. The third-order valence-corrected chi connectivity index (χ3v) is 6.34. The number of benzene rings is 1. The molecule has 1 aromatic carbocycles. The highest BCUT2D eigenvalue weighted by Crippen LogP contribution is 2.27. The highest BCUT2D eigenvalue weighted by atomic mass is 35.5. The molecule has 35 heavy (non-hydrogen) atoms. The molecule has 0 aromatic heterocycles. The van der Waals surface area contributed by atoms with Gasteiger partial charge in [-0.2, -0.15) is 0 Å². The van der Waals surface area contributed by atoms with Crippen LogP contribution in [-0.2, 0) is 30.5 Å². The maximum Gasteiger partial charge on any atom is 0.408 e. The normalized spacial score (nSPS) is 15.4. The van der Waals surface area contributed by atoms with Crippen molar-refractivity contribution < 1.29 is 28.7 Å². The summed E-state index contributed by atoms with van der Waals surface area (Å²) in [4.78, 5) is 51.4. The predicted octanol–water partition coefficient (Wildman–Crippen LogP) is 3.43. The third kappa shape index (κ3) is 10.1. The summed E-state index contributed by atoms with van der Waals surface area (Å²) in [6.07, 6.45) is 5.11. The van der Waals surface area contributed by atoms with Crippen molar-refractivity contribution in [3.63, 3.8) is 0 Å². The first-order valence-electron chi connectivity index (χ1n) is 12.0. The molecule has 2 N–H and O–H groups in total. The zero-order valence-corrected chi connectivity index (χ0v) is 21.4. The molecule has 2 atom stereocenters. The Labute approximate surface area is 211 Å². The lowest BCUT2D eigenvalue weighted by atomic mass is 9.84. The average molecular weight is 510 g/mol. The largest absolute Gasteiger partial charge is 0.467 e. The molecule has 1 aromatic rings. The van der Waals surface area contributed by atoms with Gasteiger partial charge in [0, 0.05) is 25.5 Å². The Kier molecular flexibility index (Phi) is 11.8. The Morgan fingerprint density at radius 2 is 1.80 bits per heavy atom. The van der Waals surface area contributed by atoms with Crippen LogP contribution < -0.4 is 10.6 Å². The SMILES string of the molecule is COC(=O)[C@H](CCC(=O)N(C)C)NC(=O)[C@H](CC1CCCCC1)NC(=O)OCc1cccc(Cl)c1. The van der Waals surface area contributed by atoms with Gasteiger partial charge < -0.3 is 25.0 Å².